The Bertz CT molecular complexity index is 920. The largest absolute Gasteiger partial charge is 0.489 e. The van der Waals surface area contributed by atoms with Crippen molar-refractivity contribution < 1.29 is 13.9 Å². The molecule has 23 heavy (non-hydrogen) atoms. The minimum atomic E-state index is -0.624. The van der Waals surface area contributed by atoms with Crippen molar-refractivity contribution in [1.82, 2.24) is 0 Å². The monoisotopic (exact) mass is 308 g/mol. The van der Waals surface area contributed by atoms with Gasteiger partial charge in [0.25, 0.3) is 0 Å². The second-order valence-corrected chi connectivity index (χ2v) is 5.48. The fourth-order valence-electron chi connectivity index (χ4n) is 2.28. The van der Waals surface area contributed by atoms with Gasteiger partial charge < -0.3 is 9.15 Å². The molecule has 2 aromatic carbocycles. The van der Waals surface area contributed by atoms with Gasteiger partial charge in [-0.3, -0.25) is 4.79 Å². The highest BCUT2D eigenvalue weighted by Crippen LogP contribution is 2.21. The Balaban J connectivity index is 1.85. The maximum atomic E-state index is 11.8. The maximum absolute atomic E-state index is 11.8. The third-order valence-corrected chi connectivity index (χ3v) is 3.61. The second kappa shape index (κ2) is 6.08. The van der Waals surface area contributed by atoms with Crippen molar-refractivity contribution in [3.05, 3.63) is 75.6 Å². The van der Waals surface area contributed by atoms with Crippen LogP contribution in [0.5, 0.6) is 5.75 Å². The zero-order chi connectivity index (χ0) is 16.4. The molecule has 0 spiro atoms. The van der Waals surface area contributed by atoms with Crippen LogP contribution in [0.3, 0.4) is 0 Å². The fourth-order valence-corrected chi connectivity index (χ4v) is 2.28. The van der Waals surface area contributed by atoms with Crippen LogP contribution >= 0.6 is 0 Å². The zero-order valence-electron chi connectivity index (χ0n) is 13.0. The SMILES string of the molecule is CC(=O)c1cc2ccc(OCc3ccc(C)cc3)cc2oc1=O. The van der Waals surface area contributed by atoms with Crippen LogP contribution in [0.15, 0.2) is 57.7 Å². The number of hydrogen-bond donors (Lipinski definition) is 0. The molecule has 0 fully saturated rings. The Morgan fingerprint density at radius 3 is 2.52 bits per heavy atom. The summed E-state index contributed by atoms with van der Waals surface area (Å²) in [6, 6.07) is 14.9. The summed E-state index contributed by atoms with van der Waals surface area (Å²) < 4.78 is 10.9. The highest BCUT2D eigenvalue weighted by atomic mass is 16.5. The number of carbonyl (C=O) groups is 1. The predicted octanol–water partition coefficient (Wildman–Crippen LogP) is 3.88. The molecular formula is C19H16O4. The molecular weight excluding hydrogens is 292 g/mol. The third kappa shape index (κ3) is 3.31. The summed E-state index contributed by atoms with van der Waals surface area (Å²) in [4.78, 5) is 23.1. The van der Waals surface area contributed by atoms with Gasteiger partial charge in [0.15, 0.2) is 5.78 Å². The Hall–Kier alpha value is -2.88. The van der Waals surface area contributed by atoms with E-state index in [1.165, 1.54) is 12.5 Å². The first-order valence-electron chi connectivity index (χ1n) is 7.30. The quantitative estimate of drug-likeness (QED) is 0.542. The van der Waals surface area contributed by atoms with E-state index in [0.717, 1.165) is 5.56 Å². The summed E-state index contributed by atoms with van der Waals surface area (Å²) in [7, 11) is 0. The van der Waals surface area contributed by atoms with Gasteiger partial charge >= 0.3 is 5.63 Å². The van der Waals surface area contributed by atoms with Crippen LogP contribution in [0, 0.1) is 6.92 Å². The van der Waals surface area contributed by atoms with Crippen molar-refractivity contribution in [2.24, 2.45) is 0 Å². The summed E-state index contributed by atoms with van der Waals surface area (Å²) in [6.07, 6.45) is 0. The van der Waals surface area contributed by atoms with Crippen LogP contribution < -0.4 is 10.4 Å². The van der Waals surface area contributed by atoms with Crippen LogP contribution in [0.2, 0.25) is 0 Å². The molecule has 0 atom stereocenters. The first kappa shape index (κ1) is 15.0. The molecule has 0 N–H and O–H groups in total. The molecule has 0 amide bonds. The van der Waals surface area contributed by atoms with Gasteiger partial charge in [0.2, 0.25) is 0 Å². The van der Waals surface area contributed by atoms with E-state index in [1.54, 1.807) is 24.3 Å². The highest BCUT2D eigenvalue weighted by Gasteiger charge is 2.10. The van der Waals surface area contributed by atoms with E-state index in [-0.39, 0.29) is 11.3 Å². The average Bonchev–Trinajstić information content (AvgIpc) is 2.53. The number of hydrogen-bond acceptors (Lipinski definition) is 4. The summed E-state index contributed by atoms with van der Waals surface area (Å²) in [6.45, 7) is 3.81. The van der Waals surface area contributed by atoms with Crippen molar-refractivity contribution in [1.29, 1.82) is 0 Å². The average molecular weight is 308 g/mol. The number of Topliss-reactive ketones (excluding diaryl/α,β-unsaturated/α-hetero) is 1. The molecule has 3 aromatic rings. The van der Waals surface area contributed by atoms with Crippen molar-refractivity contribution in [3.63, 3.8) is 0 Å². The first-order chi connectivity index (χ1) is 11.0. The second-order valence-electron chi connectivity index (χ2n) is 5.48. The van der Waals surface area contributed by atoms with Crippen molar-refractivity contribution in [2.75, 3.05) is 0 Å². The van der Waals surface area contributed by atoms with Crippen molar-refractivity contribution in [2.45, 2.75) is 20.5 Å². The minimum Gasteiger partial charge on any atom is -0.489 e. The molecule has 0 aliphatic heterocycles. The summed E-state index contributed by atoms with van der Waals surface area (Å²) in [5, 5.41) is 0.692. The van der Waals surface area contributed by atoms with Gasteiger partial charge in [-0.2, -0.15) is 0 Å². The molecule has 0 aliphatic carbocycles. The molecule has 0 unspecified atom stereocenters. The lowest BCUT2D eigenvalue weighted by Crippen LogP contribution is -2.10. The van der Waals surface area contributed by atoms with Crippen LogP contribution in [-0.2, 0) is 6.61 Å². The number of aryl methyl sites for hydroxylation is 1. The molecule has 0 radical (unpaired) electrons. The third-order valence-electron chi connectivity index (χ3n) is 3.61. The Kier molecular flexibility index (Phi) is 3.98. The van der Waals surface area contributed by atoms with Crippen LogP contribution in [0.4, 0.5) is 0 Å². The summed E-state index contributed by atoms with van der Waals surface area (Å²) in [5.41, 5.74) is 2.10. The zero-order valence-corrected chi connectivity index (χ0v) is 13.0. The highest BCUT2D eigenvalue weighted by molar-refractivity contribution is 5.96. The first-order valence-corrected chi connectivity index (χ1v) is 7.30. The van der Waals surface area contributed by atoms with Gasteiger partial charge in [-0.25, -0.2) is 4.79 Å². The van der Waals surface area contributed by atoms with E-state index < -0.39 is 5.63 Å². The number of fused-ring (bicyclic) bond motifs is 1. The topological polar surface area (TPSA) is 56.5 Å². The number of rotatable bonds is 4. The van der Waals surface area contributed by atoms with E-state index >= 15 is 0 Å². The smallest absolute Gasteiger partial charge is 0.347 e. The standard InChI is InChI=1S/C19H16O4/c1-12-3-5-14(6-4-12)11-22-16-8-7-15-9-17(13(2)20)19(21)23-18(15)10-16/h3-10H,11H2,1-2H3. The van der Waals surface area contributed by atoms with Gasteiger partial charge in [0.1, 0.15) is 23.5 Å². The van der Waals surface area contributed by atoms with Crippen molar-refractivity contribution >= 4 is 16.8 Å². The van der Waals surface area contributed by atoms with E-state index in [1.807, 2.05) is 31.2 Å². The number of benzene rings is 2. The lowest BCUT2D eigenvalue weighted by Gasteiger charge is -2.07. The van der Waals surface area contributed by atoms with Gasteiger partial charge in [0, 0.05) is 11.5 Å². The molecule has 4 heteroatoms. The van der Waals surface area contributed by atoms with Gasteiger partial charge in [-0.15, -0.1) is 0 Å². The van der Waals surface area contributed by atoms with Gasteiger partial charge in [0.05, 0.1) is 0 Å². The molecule has 0 bridgehead atoms. The molecule has 0 aliphatic rings. The van der Waals surface area contributed by atoms with E-state index in [9.17, 15) is 9.59 Å². The molecule has 3 rings (SSSR count). The van der Waals surface area contributed by atoms with E-state index in [2.05, 4.69) is 0 Å². The predicted molar refractivity (Wildman–Crippen MR) is 88.0 cm³/mol. The molecule has 1 heterocycles. The molecule has 0 saturated carbocycles. The molecule has 1 aromatic heterocycles. The van der Waals surface area contributed by atoms with E-state index in [4.69, 9.17) is 9.15 Å². The van der Waals surface area contributed by atoms with Crippen LogP contribution in [0.25, 0.3) is 11.0 Å². The normalized spacial score (nSPS) is 10.7. The minimum absolute atomic E-state index is 0.0609. The lowest BCUT2D eigenvalue weighted by molar-refractivity contribution is 0.101. The number of ether oxygens (including phenoxy) is 1. The number of carbonyl (C=O) groups excluding carboxylic acids is 1. The molecule has 116 valence electrons. The molecule has 0 saturated heterocycles. The van der Waals surface area contributed by atoms with Crippen LogP contribution in [-0.4, -0.2) is 5.78 Å². The fraction of sp³-hybridized carbons (Fsp3) is 0.158. The van der Waals surface area contributed by atoms with Crippen molar-refractivity contribution in [3.8, 4) is 5.75 Å². The lowest BCUT2D eigenvalue weighted by atomic mass is 10.1. The Labute approximate surface area is 133 Å². The van der Waals surface area contributed by atoms with Gasteiger partial charge in [-0.05, 0) is 37.6 Å². The maximum Gasteiger partial charge on any atom is 0.347 e. The summed E-state index contributed by atoms with van der Waals surface area (Å²) >= 11 is 0. The van der Waals surface area contributed by atoms with Gasteiger partial charge in [-0.1, -0.05) is 29.8 Å². The summed E-state index contributed by atoms with van der Waals surface area (Å²) in [5.74, 6) is 0.303. The number of ketones is 1. The van der Waals surface area contributed by atoms with Crippen LogP contribution in [0.1, 0.15) is 28.4 Å². The molecule has 4 nitrogen and oxygen atoms in total. The van der Waals surface area contributed by atoms with E-state index in [0.29, 0.717) is 23.3 Å². The Morgan fingerprint density at radius 1 is 1.09 bits per heavy atom. The Morgan fingerprint density at radius 2 is 1.83 bits per heavy atom.